The lowest BCUT2D eigenvalue weighted by Gasteiger charge is -2.40. The molecule has 0 spiro atoms. The Morgan fingerprint density at radius 3 is 1.58 bits per heavy atom. The minimum Gasteiger partial charge on any atom is -0.497 e. The summed E-state index contributed by atoms with van der Waals surface area (Å²) in [5.74, 6) is 3.63. The number of anilines is 1. The summed E-state index contributed by atoms with van der Waals surface area (Å²) in [6.45, 7) is 3.63. The Labute approximate surface area is 325 Å². The van der Waals surface area contributed by atoms with Crippen molar-refractivity contribution in [1.29, 1.82) is 0 Å². The third-order valence-corrected chi connectivity index (χ3v) is 9.17. The molecule has 0 amide bonds. The van der Waals surface area contributed by atoms with Crippen molar-refractivity contribution in [1.82, 2.24) is 14.9 Å². The van der Waals surface area contributed by atoms with Gasteiger partial charge in [0, 0.05) is 61.4 Å². The number of likely N-dealkylation sites (tertiary alicyclic amines) is 1. The lowest BCUT2D eigenvalue weighted by atomic mass is 10.00. The largest absolute Gasteiger partial charge is 0.497 e. The fourth-order valence-electron chi connectivity index (χ4n) is 6.50. The van der Waals surface area contributed by atoms with E-state index in [0.29, 0.717) is 29.0 Å². The first-order valence-electron chi connectivity index (χ1n) is 16.5. The maximum Gasteiger partial charge on any atom is 0.161 e. The van der Waals surface area contributed by atoms with Gasteiger partial charge >= 0.3 is 0 Å². The zero-order valence-corrected chi connectivity index (χ0v) is 32.6. The number of hydrogen-bond acceptors (Lipinski definition) is 9. The minimum atomic E-state index is 0. The normalized spacial score (nSPS) is 12.7. The van der Waals surface area contributed by atoms with Crippen molar-refractivity contribution in [3.63, 3.8) is 0 Å². The van der Waals surface area contributed by atoms with Crippen LogP contribution in [0.3, 0.4) is 0 Å². The maximum absolute atomic E-state index is 5.55. The van der Waals surface area contributed by atoms with Gasteiger partial charge in [-0.05, 0) is 109 Å². The molecule has 0 N–H and O–H groups in total. The highest BCUT2D eigenvalue weighted by Crippen LogP contribution is 2.34. The molecule has 12 heteroatoms. The van der Waals surface area contributed by atoms with Crippen LogP contribution in [0.1, 0.15) is 24.0 Å². The highest BCUT2D eigenvalue weighted by atomic mass is 35.5. The third-order valence-electron chi connectivity index (χ3n) is 9.17. The molecular formula is C40H47Cl3N4O5. The monoisotopic (exact) mass is 768 g/mol. The first-order valence-corrected chi connectivity index (χ1v) is 16.5. The van der Waals surface area contributed by atoms with Gasteiger partial charge < -0.3 is 28.6 Å². The zero-order valence-electron chi connectivity index (χ0n) is 30.1. The van der Waals surface area contributed by atoms with E-state index in [0.717, 1.165) is 67.3 Å². The van der Waals surface area contributed by atoms with Gasteiger partial charge in [0.05, 0.1) is 46.9 Å². The molecule has 5 aromatic rings. The quantitative estimate of drug-likeness (QED) is 0.117. The summed E-state index contributed by atoms with van der Waals surface area (Å²) < 4.78 is 27.4. The molecule has 1 saturated heterocycles. The Morgan fingerprint density at radius 1 is 0.577 bits per heavy atom. The number of aromatic nitrogens is 2. The molecule has 1 aliphatic heterocycles. The molecule has 0 unspecified atom stereocenters. The number of piperidine rings is 1. The van der Waals surface area contributed by atoms with Crippen LogP contribution in [0.25, 0.3) is 22.5 Å². The highest BCUT2D eigenvalue weighted by Gasteiger charge is 2.26. The van der Waals surface area contributed by atoms with Crippen LogP contribution < -0.4 is 28.6 Å². The van der Waals surface area contributed by atoms with Gasteiger partial charge in [-0.25, -0.2) is 0 Å². The van der Waals surface area contributed by atoms with Crippen LogP contribution in [-0.4, -0.2) is 69.5 Å². The van der Waals surface area contributed by atoms with Crippen molar-refractivity contribution in [3.05, 3.63) is 108 Å². The molecule has 1 aliphatic rings. The van der Waals surface area contributed by atoms with Crippen LogP contribution in [0.15, 0.2) is 97.3 Å². The average molecular weight is 770 g/mol. The van der Waals surface area contributed by atoms with E-state index in [9.17, 15) is 0 Å². The Hall–Kier alpha value is -4.41. The van der Waals surface area contributed by atoms with E-state index >= 15 is 0 Å². The van der Waals surface area contributed by atoms with Crippen molar-refractivity contribution in [2.45, 2.75) is 32.0 Å². The van der Waals surface area contributed by atoms with Gasteiger partial charge in [-0.15, -0.1) is 37.2 Å². The van der Waals surface area contributed by atoms with E-state index in [4.69, 9.17) is 28.7 Å². The number of pyridine rings is 2. The molecule has 0 radical (unpaired) electrons. The standard InChI is InChI=1S/C40H44N4O5.3ClH/c1-45-34-10-8-32(9-11-34)44(27-29-15-19-42-36(23-29)31-7-13-38(47-3)40(25-31)49-5)33-16-20-43(21-17-33)26-28-14-18-41-35(22-28)30-6-12-37(46-2)39(24-30)48-4;;;/h6-15,18-19,22-25,33H,16-17,20-21,26-27H2,1-5H3;3*1H. The van der Waals surface area contributed by atoms with Gasteiger partial charge in [0.15, 0.2) is 23.0 Å². The van der Waals surface area contributed by atoms with E-state index in [1.54, 1.807) is 35.5 Å². The molecule has 6 rings (SSSR count). The SMILES string of the molecule is COc1ccc(N(Cc2ccnc(-c3ccc(OC)c(OC)c3)c2)C2CCN(Cc3ccnc(-c4ccc(OC)c(OC)c4)c3)CC2)cc1.Cl.Cl.Cl. The first kappa shape index (κ1) is 42.0. The summed E-state index contributed by atoms with van der Waals surface area (Å²) in [7, 11) is 8.30. The van der Waals surface area contributed by atoms with Gasteiger partial charge in [-0.1, -0.05) is 0 Å². The van der Waals surface area contributed by atoms with Gasteiger partial charge in [0.2, 0.25) is 0 Å². The Balaban J connectivity index is 0.00000243. The second kappa shape index (κ2) is 20.0. The summed E-state index contributed by atoms with van der Waals surface area (Å²) in [5.41, 5.74) is 7.41. The molecule has 3 heterocycles. The molecule has 52 heavy (non-hydrogen) atoms. The number of methoxy groups -OCH3 is 5. The number of rotatable bonds is 13. The van der Waals surface area contributed by atoms with Gasteiger partial charge in [-0.2, -0.15) is 0 Å². The summed E-state index contributed by atoms with van der Waals surface area (Å²) in [6.07, 6.45) is 5.88. The molecule has 9 nitrogen and oxygen atoms in total. The van der Waals surface area contributed by atoms with Crippen LogP contribution in [0, 0.1) is 0 Å². The lowest BCUT2D eigenvalue weighted by molar-refractivity contribution is 0.201. The summed E-state index contributed by atoms with van der Waals surface area (Å²) in [6, 6.07) is 29.2. The predicted octanol–water partition coefficient (Wildman–Crippen LogP) is 8.79. The van der Waals surface area contributed by atoms with Crippen molar-refractivity contribution >= 4 is 42.9 Å². The molecule has 0 atom stereocenters. The van der Waals surface area contributed by atoms with Crippen LogP contribution in [0.5, 0.6) is 28.7 Å². The first-order chi connectivity index (χ1) is 24.0. The maximum atomic E-state index is 5.55. The van der Waals surface area contributed by atoms with Gasteiger partial charge in [-0.3, -0.25) is 14.9 Å². The molecule has 1 fully saturated rings. The van der Waals surface area contributed by atoms with Gasteiger partial charge in [0.1, 0.15) is 5.75 Å². The third kappa shape index (κ3) is 9.92. The minimum absolute atomic E-state index is 0. The summed E-state index contributed by atoms with van der Waals surface area (Å²) in [4.78, 5) is 14.4. The predicted molar refractivity (Wildman–Crippen MR) is 215 cm³/mol. The van der Waals surface area contributed by atoms with Crippen molar-refractivity contribution in [3.8, 4) is 51.3 Å². The zero-order chi connectivity index (χ0) is 34.2. The Kier molecular flexibility index (Phi) is 16.2. The topological polar surface area (TPSA) is 78.4 Å². The molecular weight excluding hydrogens is 723 g/mol. The Bertz CT molecular complexity index is 1860. The van der Waals surface area contributed by atoms with E-state index in [-0.39, 0.29) is 37.2 Å². The summed E-state index contributed by atoms with van der Waals surface area (Å²) >= 11 is 0. The molecule has 2 aromatic heterocycles. The van der Waals surface area contributed by atoms with Crippen LogP contribution >= 0.6 is 37.2 Å². The number of nitrogens with zero attached hydrogens (tertiary/aromatic N) is 4. The van der Waals surface area contributed by atoms with Gasteiger partial charge in [0.25, 0.3) is 0 Å². The molecule has 278 valence electrons. The van der Waals surface area contributed by atoms with E-state index in [2.05, 4.69) is 51.2 Å². The van der Waals surface area contributed by atoms with Crippen LogP contribution in [-0.2, 0) is 13.1 Å². The number of benzene rings is 3. The van der Waals surface area contributed by atoms with Crippen LogP contribution in [0.4, 0.5) is 5.69 Å². The highest BCUT2D eigenvalue weighted by molar-refractivity contribution is 5.86. The van der Waals surface area contributed by atoms with E-state index in [1.165, 1.54) is 16.8 Å². The number of halogens is 3. The lowest BCUT2D eigenvalue weighted by Crippen LogP contribution is -2.44. The fourth-order valence-corrected chi connectivity index (χ4v) is 6.50. The second-order valence-electron chi connectivity index (χ2n) is 12.1. The number of hydrogen-bond donors (Lipinski definition) is 0. The van der Waals surface area contributed by atoms with Crippen molar-refractivity contribution in [2.75, 3.05) is 53.5 Å². The fraction of sp³-hybridized carbons (Fsp3) is 0.300. The Morgan fingerprint density at radius 2 is 1.08 bits per heavy atom. The smallest absolute Gasteiger partial charge is 0.161 e. The van der Waals surface area contributed by atoms with Crippen molar-refractivity contribution in [2.24, 2.45) is 0 Å². The molecule has 3 aromatic carbocycles. The average Bonchev–Trinajstić information content (AvgIpc) is 3.17. The summed E-state index contributed by atoms with van der Waals surface area (Å²) in [5, 5.41) is 0. The van der Waals surface area contributed by atoms with Crippen LogP contribution in [0.2, 0.25) is 0 Å². The number of ether oxygens (including phenoxy) is 5. The molecule has 0 aliphatic carbocycles. The second-order valence-corrected chi connectivity index (χ2v) is 12.1. The van der Waals surface area contributed by atoms with Crippen molar-refractivity contribution < 1.29 is 23.7 Å². The molecule has 0 saturated carbocycles. The molecule has 0 bridgehead atoms. The van der Waals surface area contributed by atoms with E-state index < -0.39 is 0 Å². The van der Waals surface area contributed by atoms with E-state index in [1.807, 2.05) is 60.9 Å².